The standard InChI is InChI=1S/C12H21NO9S.Na/c1-8(14)21-9-5-10(22-11(15)6-9)7-20-12(16)13-3-2-4-23(17,18)19;/h9-11,15H,2-7H2,1H3,(H,13,16)(H,17,18,19);/q;+1/p-1. The van der Waals surface area contributed by atoms with Gasteiger partial charge in [0.1, 0.15) is 12.7 Å². The number of carbonyl (C=O) groups excluding carboxylic acids is 2. The van der Waals surface area contributed by atoms with E-state index in [1.54, 1.807) is 0 Å². The number of rotatable bonds is 7. The van der Waals surface area contributed by atoms with Crippen LogP contribution in [0.3, 0.4) is 0 Å². The molecule has 2 N–H and O–H groups in total. The largest absolute Gasteiger partial charge is 1.00 e. The Hall–Kier alpha value is -0.430. The molecule has 0 aromatic heterocycles. The Balaban J connectivity index is 0.00000529. The Kier molecular flexibility index (Phi) is 11.0. The van der Waals surface area contributed by atoms with Crippen molar-refractivity contribution in [1.29, 1.82) is 0 Å². The van der Waals surface area contributed by atoms with Crippen LogP contribution in [0.25, 0.3) is 0 Å². The van der Waals surface area contributed by atoms with Gasteiger partial charge >= 0.3 is 41.6 Å². The summed E-state index contributed by atoms with van der Waals surface area (Å²) in [5.41, 5.74) is 0. The van der Waals surface area contributed by atoms with Crippen LogP contribution in [0.2, 0.25) is 0 Å². The maximum absolute atomic E-state index is 11.4. The van der Waals surface area contributed by atoms with Crippen LogP contribution in [0.15, 0.2) is 0 Å². The van der Waals surface area contributed by atoms with Crippen molar-refractivity contribution in [3.05, 3.63) is 0 Å². The molecule has 1 amide bonds. The number of hydrogen-bond donors (Lipinski definition) is 2. The predicted octanol–water partition coefficient (Wildman–Crippen LogP) is -3.92. The minimum Gasteiger partial charge on any atom is -0.748 e. The molecule has 24 heavy (non-hydrogen) atoms. The predicted molar refractivity (Wildman–Crippen MR) is 74.2 cm³/mol. The minimum atomic E-state index is -4.31. The Bertz CT molecular complexity index is 513. The van der Waals surface area contributed by atoms with E-state index in [1.807, 2.05) is 0 Å². The molecule has 0 aromatic rings. The fourth-order valence-electron chi connectivity index (χ4n) is 2.04. The first-order valence-corrected chi connectivity index (χ1v) is 8.58. The fourth-order valence-corrected chi connectivity index (χ4v) is 2.54. The third-order valence-corrected chi connectivity index (χ3v) is 3.70. The topological polar surface area (TPSA) is 151 Å². The van der Waals surface area contributed by atoms with E-state index in [4.69, 9.17) is 14.2 Å². The molecule has 1 rings (SSSR count). The number of ether oxygens (including phenoxy) is 3. The molecule has 3 unspecified atom stereocenters. The van der Waals surface area contributed by atoms with Gasteiger partial charge in [0.25, 0.3) is 0 Å². The molecule has 1 aliphatic rings. The summed E-state index contributed by atoms with van der Waals surface area (Å²) in [6.07, 6.45) is -2.67. The molecule has 1 saturated heterocycles. The van der Waals surface area contributed by atoms with Gasteiger partial charge in [-0.3, -0.25) is 4.79 Å². The molecule has 0 saturated carbocycles. The van der Waals surface area contributed by atoms with E-state index in [2.05, 4.69) is 5.32 Å². The van der Waals surface area contributed by atoms with Crippen LogP contribution in [0, 0.1) is 0 Å². The molecular formula is C12H20NNaO9S. The van der Waals surface area contributed by atoms with Crippen molar-refractivity contribution in [1.82, 2.24) is 5.32 Å². The average molecular weight is 377 g/mol. The number of nitrogens with one attached hydrogen (secondary N) is 1. The van der Waals surface area contributed by atoms with E-state index >= 15 is 0 Å². The molecular weight excluding hydrogens is 357 g/mol. The van der Waals surface area contributed by atoms with Crippen molar-refractivity contribution in [2.45, 2.75) is 44.7 Å². The van der Waals surface area contributed by atoms with E-state index in [-0.39, 0.29) is 62.0 Å². The number of alkyl carbamates (subject to hydrolysis) is 1. The van der Waals surface area contributed by atoms with E-state index in [0.29, 0.717) is 0 Å². The van der Waals surface area contributed by atoms with Crippen LogP contribution >= 0.6 is 0 Å². The van der Waals surface area contributed by atoms with E-state index in [9.17, 15) is 27.7 Å². The zero-order chi connectivity index (χ0) is 17.5. The second kappa shape index (κ2) is 11.2. The van der Waals surface area contributed by atoms with Gasteiger partial charge in [0.2, 0.25) is 0 Å². The summed E-state index contributed by atoms with van der Waals surface area (Å²) in [6.45, 7) is 1.06. The quantitative estimate of drug-likeness (QED) is 0.196. The molecule has 12 heteroatoms. The molecule has 10 nitrogen and oxygen atoms in total. The first kappa shape index (κ1) is 23.6. The third-order valence-electron chi connectivity index (χ3n) is 2.91. The first-order chi connectivity index (χ1) is 10.7. The van der Waals surface area contributed by atoms with Crippen molar-refractivity contribution < 1.29 is 71.4 Å². The number of esters is 1. The maximum Gasteiger partial charge on any atom is 1.00 e. The minimum absolute atomic E-state index is 0. The van der Waals surface area contributed by atoms with E-state index < -0.39 is 46.4 Å². The second-order valence-electron chi connectivity index (χ2n) is 5.06. The van der Waals surface area contributed by atoms with E-state index in [0.717, 1.165) is 0 Å². The SMILES string of the molecule is CC(=O)OC1CC(O)OC(COC(=O)NCCCS(=O)(=O)[O-])C1.[Na+]. The Morgan fingerprint density at radius 2 is 2.04 bits per heavy atom. The zero-order valence-corrected chi connectivity index (χ0v) is 16.4. The van der Waals surface area contributed by atoms with Gasteiger partial charge in [0.05, 0.1) is 16.2 Å². The van der Waals surface area contributed by atoms with Crippen molar-refractivity contribution in [3.8, 4) is 0 Å². The monoisotopic (exact) mass is 377 g/mol. The fraction of sp³-hybridized carbons (Fsp3) is 0.833. The summed E-state index contributed by atoms with van der Waals surface area (Å²) in [7, 11) is -4.31. The zero-order valence-electron chi connectivity index (χ0n) is 13.6. The number of hydrogen-bond acceptors (Lipinski definition) is 9. The number of amides is 1. The average Bonchev–Trinajstić information content (AvgIpc) is 2.39. The molecule has 1 heterocycles. The van der Waals surface area contributed by atoms with Gasteiger partial charge in [0.15, 0.2) is 6.29 Å². The van der Waals surface area contributed by atoms with Crippen LogP contribution in [0.4, 0.5) is 4.79 Å². The summed E-state index contributed by atoms with van der Waals surface area (Å²) in [4.78, 5) is 22.3. The molecule has 3 atom stereocenters. The summed E-state index contributed by atoms with van der Waals surface area (Å²) in [5.74, 6) is -1.05. The first-order valence-electron chi connectivity index (χ1n) is 7.00. The van der Waals surface area contributed by atoms with Crippen molar-refractivity contribution >= 4 is 22.2 Å². The summed E-state index contributed by atoms with van der Waals surface area (Å²) < 4.78 is 46.1. The van der Waals surface area contributed by atoms with Crippen LogP contribution < -0.4 is 34.9 Å². The van der Waals surface area contributed by atoms with Crippen LogP contribution in [-0.4, -0.2) is 67.5 Å². The van der Waals surface area contributed by atoms with Gasteiger partial charge in [0, 0.05) is 32.1 Å². The van der Waals surface area contributed by atoms with E-state index in [1.165, 1.54) is 6.92 Å². The normalized spacial score (nSPS) is 23.7. The molecule has 134 valence electrons. The summed E-state index contributed by atoms with van der Waals surface area (Å²) in [5, 5.41) is 11.8. The van der Waals surface area contributed by atoms with Gasteiger partial charge in [-0.1, -0.05) is 0 Å². The third kappa shape index (κ3) is 11.2. The van der Waals surface area contributed by atoms with Gasteiger partial charge in [-0.25, -0.2) is 13.2 Å². The second-order valence-corrected chi connectivity index (χ2v) is 6.58. The van der Waals surface area contributed by atoms with Crippen molar-refractivity contribution in [2.24, 2.45) is 0 Å². The number of carbonyl (C=O) groups is 2. The molecule has 0 radical (unpaired) electrons. The Labute approximate surface area is 162 Å². The van der Waals surface area contributed by atoms with Crippen LogP contribution in [-0.2, 0) is 29.1 Å². The van der Waals surface area contributed by atoms with Gasteiger partial charge < -0.3 is 29.2 Å². The Morgan fingerprint density at radius 1 is 1.38 bits per heavy atom. The van der Waals surface area contributed by atoms with Crippen molar-refractivity contribution in [3.63, 3.8) is 0 Å². The van der Waals surface area contributed by atoms with Gasteiger partial charge in [-0.05, 0) is 6.42 Å². The number of aliphatic hydroxyl groups is 1. The number of aliphatic hydroxyl groups excluding tert-OH is 1. The van der Waals surface area contributed by atoms with Gasteiger partial charge in [-0.15, -0.1) is 0 Å². The molecule has 0 bridgehead atoms. The molecule has 0 aliphatic carbocycles. The summed E-state index contributed by atoms with van der Waals surface area (Å²) in [6, 6.07) is 0. The Morgan fingerprint density at radius 3 is 2.62 bits per heavy atom. The molecule has 0 spiro atoms. The van der Waals surface area contributed by atoms with Crippen molar-refractivity contribution in [2.75, 3.05) is 18.9 Å². The maximum atomic E-state index is 11.4. The van der Waals surface area contributed by atoms with Crippen LogP contribution in [0.5, 0.6) is 0 Å². The van der Waals surface area contributed by atoms with Crippen LogP contribution in [0.1, 0.15) is 26.2 Å². The summed E-state index contributed by atoms with van der Waals surface area (Å²) >= 11 is 0. The molecule has 1 fully saturated rings. The smallest absolute Gasteiger partial charge is 0.748 e. The molecule has 1 aliphatic heterocycles. The van der Waals surface area contributed by atoms with Gasteiger partial charge in [-0.2, -0.15) is 0 Å². The molecule has 0 aromatic carbocycles.